The second-order valence-corrected chi connectivity index (χ2v) is 4.76. The van der Waals surface area contributed by atoms with Crippen molar-refractivity contribution < 1.29 is 0 Å². The van der Waals surface area contributed by atoms with Crippen LogP contribution in [0, 0.1) is 37.5 Å². The van der Waals surface area contributed by atoms with E-state index in [-0.39, 0.29) is 5.41 Å². The minimum Gasteiger partial charge on any atom is -0.269 e. The number of aromatic nitrogens is 2. The third-order valence-corrected chi connectivity index (χ3v) is 2.99. The Balaban J connectivity index is 2.75. The summed E-state index contributed by atoms with van der Waals surface area (Å²) in [6, 6.07) is 2.31. The van der Waals surface area contributed by atoms with E-state index < -0.39 is 0 Å². The molecule has 0 atom stereocenters. The van der Waals surface area contributed by atoms with Crippen LogP contribution in [0.3, 0.4) is 0 Å². The molecule has 0 aliphatic carbocycles. The molecule has 1 heterocycles. The maximum absolute atomic E-state index is 8.92. The number of aryl methyl sites for hydroxylation is 2. The molecule has 0 bridgehead atoms. The van der Waals surface area contributed by atoms with E-state index in [0.29, 0.717) is 0 Å². The van der Waals surface area contributed by atoms with Gasteiger partial charge in [-0.15, -0.1) is 0 Å². The Labute approximate surface area is 91.7 Å². The monoisotopic (exact) mass is 205 g/mol. The van der Waals surface area contributed by atoms with Crippen molar-refractivity contribution in [2.24, 2.45) is 5.41 Å². The van der Waals surface area contributed by atoms with Crippen molar-refractivity contribution in [1.82, 2.24) is 9.78 Å². The van der Waals surface area contributed by atoms with Crippen molar-refractivity contribution in [2.75, 3.05) is 0 Å². The number of nitriles is 1. The first-order valence-electron chi connectivity index (χ1n) is 5.29. The average molecular weight is 205 g/mol. The van der Waals surface area contributed by atoms with Crippen molar-refractivity contribution in [3.05, 3.63) is 17.0 Å². The van der Waals surface area contributed by atoms with E-state index in [9.17, 15) is 0 Å². The van der Waals surface area contributed by atoms with Gasteiger partial charge in [0.1, 0.15) is 0 Å². The molecule has 0 aliphatic rings. The molecule has 0 saturated heterocycles. The number of hydrogen-bond acceptors (Lipinski definition) is 2. The maximum Gasteiger partial charge on any atom is 0.0684 e. The van der Waals surface area contributed by atoms with Gasteiger partial charge in [-0.1, -0.05) is 0 Å². The topological polar surface area (TPSA) is 41.6 Å². The van der Waals surface area contributed by atoms with Gasteiger partial charge < -0.3 is 0 Å². The first kappa shape index (κ1) is 11.8. The van der Waals surface area contributed by atoms with Crippen LogP contribution < -0.4 is 0 Å². The van der Waals surface area contributed by atoms with Crippen LogP contribution in [-0.2, 0) is 6.54 Å². The van der Waals surface area contributed by atoms with E-state index in [1.807, 2.05) is 25.5 Å². The molecule has 0 saturated carbocycles. The minimum absolute atomic E-state index is 0.264. The summed E-state index contributed by atoms with van der Waals surface area (Å²) in [6.07, 6.45) is 0.838. The quantitative estimate of drug-likeness (QED) is 0.761. The predicted molar refractivity (Wildman–Crippen MR) is 60.4 cm³/mol. The summed E-state index contributed by atoms with van der Waals surface area (Å²) in [5.74, 6) is 0. The summed E-state index contributed by atoms with van der Waals surface area (Å²) in [4.78, 5) is 0. The van der Waals surface area contributed by atoms with Crippen LogP contribution in [0.4, 0.5) is 0 Å². The van der Waals surface area contributed by atoms with Crippen LogP contribution in [0.5, 0.6) is 0 Å². The van der Waals surface area contributed by atoms with Gasteiger partial charge in [-0.3, -0.25) is 4.68 Å². The van der Waals surface area contributed by atoms with Crippen molar-refractivity contribution in [3.8, 4) is 6.07 Å². The minimum atomic E-state index is -0.264. The van der Waals surface area contributed by atoms with Crippen LogP contribution in [0.1, 0.15) is 37.2 Å². The largest absolute Gasteiger partial charge is 0.269 e. The third-order valence-electron chi connectivity index (χ3n) is 2.99. The molecule has 1 aromatic heterocycles. The summed E-state index contributed by atoms with van der Waals surface area (Å²) in [5.41, 5.74) is 3.29. The van der Waals surface area contributed by atoms with Crippen LogP contribution in [0.2, 0.25) is 0 Å². The van der Waals surface area contributed by atoms with Gasteiger partial charge in [-0.2, -0.15) is 10.4 Å². The van der Waals surface area contributed by atoms with Gasteiger partial charge in [-0.05, 0) is 46.6 Å². The van der Waals surface area contributed by atoms with Gasteiger partial charge >= 0.3 is 0 Å². The van der Waals surface area contributed by atoms with E-state index in [0.717, 1.165) is 18.7 Å². The maximum atomic E-state index is 8.92. The summed E-state index contributed by atoms with van der Waals surface area (Å²) in [7, 11) is 0. The Bertz CT molecular complexity index is 394. The van der Waals surface area contributed by atoms with E-state index in [1.165, 1.54) is 11.3 Å². The van der Waals surface area contributed by atoms with Crippen molar-refractivity contribution >= 4 is 0 Å². The Morgan fingerprint density at radius 2 is 1.93 bits per heavy atom. The first-order chi connectivity index (χ1) is 6.87. The lowest BCUT2D eigenvalue weighted by Crippen LogP contribution is -2.14. The van der Waals surface area contributed by atoms with Gasteiger partial charge in [0.05, 0.1) is 17.2 Å². The fourth-order valence-corrected chi connectivity index (χ4v) is 1.45. The molecule has 15 heavy (non-hydrogen) atoms. The van der Waals surface area contributed by atoms with Gasteiger partial charge in [0, 0.05) is 12.2 Å². The van der Waals surface area contributed by atoms with Gasteiger partial charge in [0.2, 0.25) is 0 Å². The molecule has 1 aromatic rings. The van der Waals surface area contributed by atoms with Gasteiger partial charge in [-0.25, -0.2) is 0 Å². The number of hydrogen-bond donors (Lipinski definition) is 0. The lowest BCUT2D eigenvalue weighted by atomic mass is 9.91. The average Bonchev–Trinajstić information content (AvgIpc) is 2.43. The van der Waals surface area contributed by atoms with Gasteiger partial charge in [0.15, 0.2) is 0 Å². The number of nitrogens with zero attached hydrogens (tertiary/aromatic N) is 3. The zero-order valence-electron chi connectivity index (χ0n) is 10.3. The Morgan fingerprint density at radius 1 is 1.33 bits per heavy atom. The Morgan fingerprint density at radius 3 is 2.33 bits per heavy atom. The highest BCUT2D eigenvalue weighted by Gasteiger charge is 2.17. The van der Waals surface area contributed by atoms with Crippen molar-refractivity contribution in [2.45, 2.75) is 47.6 Å². The fraction of sp³-hybridized carbons (Fsp3) is 0.667. The highest BCUT2D eigenvalue weighted by Crippen LogP contribution is 2.20. The molecule has 0 unspecified atom stereocenters. The summed E-state index contributed by atoms with van der Waals surface area (Å²) in [6.45, 7) is 10.9. The molecule has 3 heteroatoms. The van der Waals surface area contributed by atoms with E-state index >= 15 is 0 Å². The predicted octanol–water partition coefficient (Wildman–Crippen LogP) is 2.75. The van der Waals surface area contributed by atoms with Crippen LogP contribution in [-0.4, -0.2) is 9.78 Å². The second-order valence-electron chi connectivity index (χ2n) is 4.76. The molecule has 1 rings (SSSR count). The summed E-state index contributed by atoms with van der Waals surface area (Å²) >= 11 is 0. The first-order valence-corrected chi connectivity index (χ1v) is 5.29. The zero-order valence-corrected chi connectivity index (χ0v) is 10.3. The molecular formula is C12H19N3. The highest BCUT2D eigenvalue weighted by atomic mass is 15.3. The molecule has 0 N–H and O–H groups in total. The molecule has 0 aliphatic heterocycles. The molecule has 0 spiro atoms. The Hall–Kier alpha value is -1.30. The van der Waals surface area contributed by atoms with Crippen LogP contribution >= 0.6 is 0 Å². The third kappa shape index (κ3) is 2.59. The number of rotatable bonds is 3. The van der Waals surface area contributed by atoms with Crippen molar-refractivity contribution in [3.63, 3.8) is 0 Å². The van der Waals surface area contributed by atoms with E-state index in [2.05, 4.69) is 25.0 Å². The normalized spacial score (nSPS) is 11.5. The second kappa shape index (κ2) is 4.06. The summed E-state index contributed by atoms with van der Waals surface area (Å²) < 4.78 is 2.00. The van der Waals surface area contributed by atoms with Crippen molar-refractivity contribution in [1.29, 1.82) is 5.26 Å². The SMILES string of the molecule is Cc1nn(CCC(C)(C)C#N)c(C)c1C. The van der Waals surface area contributed by atoms with Crippen LogP contribution in [0.25, 0.3) is 0 Å². The van der Waals surface area contributed by atoms with E-state index in [4.69, 9.17) is 5.26 Å². The fourth-order valence-electron chi connectivity index (χ4n) is 1.45. The lowest BCUT2D eigenvalue weighted by molar-refractivity contribution is 0.395. The molecule has 82 valence electrons. The molecule has 3 nitrogen and oxygen atoms in total. The smallest absolute Gasteiger partial charge is 0.0684 e. The molecule has 0 radical (unpaired) electrons. The molecule has 0 amide bonds. The molecule has 0 fully saturated rings. The van der Waals surface area contributed by atoms with Gasteiger partial charge in [0.25, 0.3) is 0 Å². The zero-order chi connectivity index (χ0) is 11.6. The molecular weight excluding hydrogens is 186 g/mol. The lowest BCUT2D eigenvalue weighted by Gasteiger charge is -2.15. The van der Waals surface area contributed by atoms with E-state index in [1.54, 1.807) is 0 Å². The summed E-state index contributed by atoms with van der Waals surface area (Å²) in [5, 5.41) is 13.4. The Kier molecular flexibility index (Phi) is 3.18. The standard InChI is InChI=1S/C12H19N3/c1-9-10(2)14-15(11(9)3)7-6-12(4,5)8-13/h6-7H2,1-5H3. The highest BCUT2D eigenvalue weighted by molar-refractivity contribution is 5.22. The van der Waals surface area contributed by atoms with Crippen LogP contribution in [0.15, 0.2) is 0 Å². The molecule has 0 aromatic carbocycles.